The van der Waals surface area contributed by atoms with Gasteiger partial charge in [0.15, 0.2) is 6.61 Å². The summed E-state index contributed by atoms with van der Waals surface area (Å²) in [7, 11) is 0. The highest BCUT2D eigenvalue weighted by Crippen LogP contribution is 2.22. The average Bonchev–Trinajstić information content (AvgIpc) is 2.42. The zero-order valence-corrected chi connectivity index (χ0v) is 12.5. The lowest BCUT2D eigenvalue weighted by Crippen LogP contribution is -2.43. The number of carboxylic acid groups (broad SMARTS) is 1. The van der Waals surface area contributed by atoms with Crippen LogP contribution in [0.3, 0.4) is 0 Å². The monoisotopic (exact) mass is 317 g/mol. The van der Waals surface area contributed by atoms with Crippen LogP contribution in [-0.4, -0.2) is 41.6 Å². The number of carbonyl (C=O) groups excluding carboxylic acids is 1. The molecule has 1 aromatic rings. The van der Waals surface area contributed by atoms with Gasteiger partial charge in [0.25, 0.3) is 5.91 Å². The van der Waals surface area contributed by atoms with Crippen LogP contribution in [0.4, 0.5) is 0 Å². The van der Waals surface area contributed by atoms with E-state index < -0.39 is 17.9 Å². The van der Waals surface area contributed by atoms with Crippen LogP contribution < -0.4 is 10.1 Å². The summed E-state index contributed by atoms with van der Waals surface area (Å²) in [5.41, 5.74) is 0. The van der Waals surface area contributed by atoms with Gasteiger partial charge in [-0.05, 0) is 30.6 Å². The number of ether oxygens (including phenoxy) is 1. The number of amides is 1. The predicted molar refractivity (Wildman–Crippen MR) is 79.5 cm³/mol. The second-order valence-corrected chi connectivity index (χ2v) is 5.35. The fourth-order valence-electron chi connectivity index (χ4n) is 1.43. The minimum absolute atomic E-state index is 0.271. The molecule has 0 heterocycles. The fourth-order valence-corrected chi connectivity index (χ4v) is 2.10. The molecule has 1 aromatic carbocycles. The number of thioether (sulfide) groups is 1. The molecule has 1 amide bonds. The lowest BCUT2D eigenvalue weighted by molar-refractivity contribution is -0.142. The second-order valence-electron chi connectivity index (χ2n) is 3.96. The number of halogens is 1. The molecule has 0 aliphatic heterocycles. The van der Waals surface area contributed by atoms with Gasteiger partial charge in [0.2, 0.25) is 0 Å². The van der Waals surface area contributed by atoms with Gasteiger partial charge in [0, 0.05) is 0 Å². The molecular weight excluding hydrogens is 302 g/mol. The Balaban J connectivity index is 2.46. The topological polar surface area (TPSA) is 75.6 Å². The number of aliphatic carboxylic acids is 1. The van der Waals surface area contributed by atoms with Gasteiger partial charge in [-0.25, -0.2) is 4.79 Å². The Morgan fingerprint density at radius 2 is 2.15 bits per heavy atom. The second kappa shape index (κ2) is 8.71. The Bertz CT molecular complexity index is 469. The van der Waals surface area contributed by atoms with E-state index in [1.807, 2.05) is 6.26 Å². The smallest absolute Gasteiger partial charge is 0.326 e. The molecule has 2 N–H and O–H groups in total. The molecule has 20 heavy (non-hydrogen) atoms. The third kappa shape index (κ3) is 5.71. The highest BCUT2D eigenvalue weighted by molar-refractivity contribution is 7.98. The number of rotatable bonds is 8. The number of benzene rings is 1. The maximum atomic E-state index is 11.7. The molecule has 1 rings (SSSR count). The Morgan fingerprint density at radius 1 is 1.45 bits per heavy atom. The molecule has 0 aromatic heterocycles. The standard InChI is InChI=1S/C13H16ClNO4S/c1-20-7-6-10(13(17)18)15-12(16)8-19-11-5-3-2-4-9(11)14/h2-5,10H,6-8H2,1H3,(H,15,16)(H,17,18)/t10-/m1/s1. The van der Waals surface area contributed by atoms with Crippen molar-refractivity contribution < 1.29 is 19.4 Å². The van der Waals surface area contributed by atoms with Crippen LogP contribution in [-0.2, 0) is 9.59 Å². The molecule has 0 spiro atoms. The Labute approximate surface area is 126 Å². The molecule has 0 radical (unpaired) electrons. The maximum absolute atomic E-state index is 11.7. The summed E-state index contributed by atoms with van der Waals surface area (Å²) in [5, 5.41) is 11.8. The van der Waals surface area contributed by atoms with E-state index in [4.69, 9.17) is 21.4 Å². The predicted octanol–water partition coefficient (Wildman–Crippen LogP) is 2.04. The van der Waals surface area contributed by atoms with Crippen molar-refractivity contribution in [3.63, 3.8) is 0 Å². The van der Waals surface area contributed by atoms with Crippen molar-refractivity contribution >= 4 is 35.2 Å². The van der Waals surface area contributed by atoms with E-state index in [0.717, 1.165) is 0 Å². The number of para-hydroxylation sites is 1. The zero-order chi connectivity index (χ0) is 15.0. The van der Waals surface area contributed by atoms with Crippen molar-refractivity contribution in [3.05, 3.63) is 29.3 Å². The van der Waals surface area contributed by atoms with Crippen LogP contribution in [0.1, 0.15) is 6.42 Å². The summed E-state index contributed by atoms with van der Waals surface area (Å²) in [6.07, 6.45) is 2.25. The van der Waals surface area contributed by atoms with Crippen LogP contribution in [0.15, 0.2) is 24.3 Å². The highest BCUT2D eigenvalue weighted by atomic mass is 35.5. The fraction of sp³-hybridized carbons (Fsp3) is 0.385. The van der Waals surface area contributed by atoms with Gasteiger partial charge >= 0.3 is 5.97 Å². The first-order chi connectivity index (χ1) is 9.54. The minimum Gasteiger partial charge on any atom is -0.482 e. The van der Waals surface area contributed by atoms with E-state index in [1.54, 1.807) is 24.3 Å². The highest BCUT2D eigenvalue weighted by Gasteiger charge is 2.19. The number of hydrogen-bond donors (Lipinski definition) is 2. The van der Waals surface area contributed by atoms with Gasteiger partial charge in [-0.15, -0.1) is 0 Å². The van der Waals surface area contributed by atoms with Gasteiger partial charge in [-0.3, -0.25) is 4.79 Å². The summed E-state index contributed by atoms with van der Waals surface area (Å²) in [6.45, 7) is -0.271. The van der Waals surface area contributed by atoms with Crippen molar-refractivity contribution in [2.75, 3.05) is 18.6 Å². The van der Waals surface area contributed by atoms with Gasteiger partial charge in [0.05, 0.1) is 5.02 Å². The van der Waals surface area contributed by atoms with E-state index in [0.29, 0.717) is 22.9 Å². The third-order valence-corrected chi connectivity index (χ3v) is 3.40. The van der Waals surface area contributed by atoms with Crippen molar-refractivity contribution in [2.24, 2.45) is 0 Å². The molecule has 1 atom stereocenters. The van der Waals surface area contributed by atoms with E-state index in [2.05, 4.69) is 5.32 Å². The van der Waals surface area contributed by atoms with Gasteiger partial charge in [-0.2, -0.15) is 11.8 Å². The van der Waals surface area contributed by atoms with Crippen LogP contribution in [0.5, 0.6) is 5.75 Å². The van der Waals surface area contributed by atoms with Crippen LogP contribution in [0.25, 0.3) is 0 Å². The summed E-state index contributed by atoms with van der Waals surface area (Å²) in [6, 6.07) is 5.87. The van der Waals surface area contributed by atoms with E-state index in [9.17, 15) is 9.59 Å². The first kappa shape index (κ1) is 16.7. The lowest BCUT2D eigenvalue weighted by Gasteiger charge is -2.14. The number of nitrogens with one attached hydrogen (secondary N) is 1. The molecule has 5 nitrogen and oxygen atoms in total. The van der Waals surface area contributed by atoms with E-state index in [1.165, 1.54) is 11.8 Å². The van der Waals surface area contributed by atoms with E-state index in [-0.39, 0.29) is 6.61 Å². The van der Waals surface area contributed by atoms with Crippen molar-refractivity contribution in [1.82, 2.24) is 5.32 Å². The van der Waals surface area contributed by atoms with Crippen molar-refractivity contribution in [3.8, 4) is 5.75 Å². The molecule has 0 bridgehead atoms. The first-order valence-corrected chi connectivity index (χ1v) is 7.70. The van der Waals surface area contributed by atoms with Gasteiger partial charge in [0.1, 0.15) is 11.8 Å². The lowest BCUT2D eigenvalue weighted by atomic mass is 10.2. The number of hydrogen-bond acceptors (Lipinski definition) is 4. The molecule has 0 unspecified atom stereocenters. The quantitative estimate of drug-likeness (QED) is 0.767. The van der Waals surface area contributed by atoms with Crippen LogP contribution >= 0.6 is 23.4 Å². The minimum atomic E-state index is -1.05. The molecule has 0 saturated carbocycles. The zero-order valence-electron chi connectivity index (χ0n) is 11.0. The third-order valence-electron chi connectivity index (χ3n) is 2.44. The average molecular weight is 318 g/mol. The van der Waals surface area contributed by atoms with Crippen molar-refractivity contribution in [2.45, 2.75) is 12.5 Å². The van der Waals surface area contributed by atoms with Gasteiger partial charge < -0.3 is 15.2 Å². The Kier molecular flexibility index (Phi) is 7.25. The maximum Gasteiger partial charge on any atom is 0.326 e. The van der Waals surface area contributed by atoms with Crippen LogP contribution in [0.2, 0.25) is 5.02 Å². The van der Waals surface area contributed by atoms with Crippen LogP contribution in [0, 0.1) is 0 Å². The Morgan fingerprint density at radius 3 is 2.75 bits per heavy atom. The summed E-state index contributed by atoms with van der Waals surface area (Å²) in [4.78, 5) is 22.6. The summed E-state index contributed by atoms with van der Waals surface area (Å²) < 4.78 is 5.24. The largest absolute Gasteiger partial charge is 0.482 e. The molecule has 0 fully saturated rings. The number of carboxylic acids is 1. The van der Waals surface area contributed by atoms with E-state index >= 15 is 0 Å². The van der Waals surface area contributed by atoms with Crippen molar-refractivity contribution in [1.29, 1.82) is 0 Å². The molecular formula is C13H16ClNO4S. The molecule has 0 aliphatic rings. The molecule has 110 valence electrons. The summed E-state index contributed by atoms with van der Waals surface area (Å²) in [5.74, 6) is -0.494. The first-order valence-electron chi connectivity index (χ1n) is 5.93. The molecule has 7 heteroatoms. The molecule has 0 aliphatic carbocycles. The Hall–Kier alpha value is -1.40. The van der Waals surface area contributed by atoms with Gasteiger partial charge in [-0.1, -0.05) is 23.7 Å². The summed E-state index contributed by atoms with van der Waals surface area (Å²) >= 11 is 7.40. The molecule has 0 saturated heterocycles. The normalized spacial score (nSPS) is 11.7. The number of carbonyl (C=O) groups is 2. The SMILES string of the molecule is CSCC[C@@H](NC(=O)COc1ccccc1Cl)C(=O)O.